The first-order chi connectivity index (χ1) is 15.7. The number of nitrogens with one attached hydrogen (secondary N) is 1. The van der Waals surface area contributed by atoms with Gasteiger partial charge in [0.25, 0.3) is 0 Å². The summed E-state index contributed by atoms with van der Waals surface area (Å²) >= 11 is 0. The standard InChI is InChI=1S/C28H31NO3/c1-2-23-19-26-27(32-18-17-31-26)20-24(23)25(15-13-21-9-5-3-6-10-21)29-28(30)16-14-22-11-7-4-8-12-22/h3-12,19-20,25H,2,13-18H2,1H3,(H,29,30). The van der Waals surface area contributed by atoms with Gasteiger partial charge in [-0.2, -0.15) is 0 Å². The summed E-state index contributed by atoms with van der Waals surface area (Å²) in [4.78, 5) is 12.9. The van der Waals surface area contributed by atoms with Gasteiger partial charge in [0.15, 0.2) is 11.5 Å². The number of carbonyl (C=O) groups is 1. The molecule has 1 aliphatic heterocycles. The first-order valence-electron chi connectivity index (χ1n) is 11.5. The molecule has 4 nitrogen and oxygen atoms in total. The summed E-state index contributed by atoms with van der Waals surface area (Å²) in [6.45, 7) is 3.26. The highest BCUT2D eigenvalue weighted by Gasteiger charge is 2.22. The summed E-state index contributed by atoms with van der Waals surface area (Å²) in [5.41, 5.74) is 4.76. The molecule has 1 N–H and O–H groups in total. The molecule has 1 aliphatic rings. The number of amides is 1. The van der Waals surface area contributed by atoms with Crippen LogP contribution >= 0.6 is 0 Å². The van der Waals surface area contributed by atoms with Crippen LogP contribution in [-0.2, 0) is 24.1 Å². The van der Waals surface area contributed by atoms with E-state index in [1.54, 1.807) is 0 Å². The van der Waals surface area contributed by atoms with Crippen LogP contribution < -0.4 is 14.8 Å². The lowest BCUT2D eigenvalue weighted by atomic mass is 9.92. The highest BCUT2D eigenvalue weighted by atomic mass is 16.6. The molecule has 0 radical (unpaired) electrons. The van der Waals surface area contributed by atoms with Gasteiger partial charge in [-0.1, -0.05) is 67.6 Å². The summed E-state index contributed by atoms with van der Waals surface area (Å²) in [6.07, 6.45) is 3.79. The van der Waals surface area contributed by atoms with Crippen molar-refractivity contribution in [3.8, 4) is 11.5 Å². The number of fused-ring (bicyclic) bond motifs is 1. The van der Waals surface area contributed by atoms with Crippen molar-refractivity contribution >= 4 is 5.91 Å². The van der Waals surface area contributed by atoms with E-state index in [1.807, 2.05) is 24.3 Å². The molecule has 1 unspecified atom stereocenters. The van der Waals surface area contributed by atoms with Gasteiger partial charge in [-0.05, 0) is 60.1 Å². The van der Waals surface area contributed by atoms with Crippen LogP contribution in [0.5, 0.6) is 11.5 Å². The molecule has 0 saturated heterocycles. The summed E-state index contributed by atoms with van der Waals surface area (Å²) in [5.74, 6) is 1.64. The van der Waals surface area contributed by atoms with Crippen molar-refractivity contribution in [3.05, 3.63) is 95.1 Å². The third kappa shape index (κ3) is 5.70. The Balaban J connectivity index is 1.53. The normalized spacial score (nSPS) is 13.4. The van der Waals surface area contributed by atoms with Crippen LogP contribution in [0.15, 0.2) is 72.8 Å². The smallest absolute Gasteiger partial charge is 0.220 e. The fourth-order valence-electron chi connectivity index (χ4n) is 4.21. The second kappa shape index (κ2) is 10.9. The van der Waals surface area contributed by atoms with Crippen molar-refractivity contribution in [1.82, 2.24) is 5.32 Å². The van der Waals surface area contributed by atoms with E-state index < -0.39 is 0 Å². The van der Waals surface area contributed by atoms with Crippen molar-refractivity contribution in [2.24, 2.45) is 0 Å². The Morgan fingerprint density at radius 2 is 1.47 bits per heavy atom. The van der Waals surface area contributed by atoms with Crippen molar-refractivity contribution in [2.75, 3.05) is 13.2 Å². The van der Waals surface area contributed by atoms with E-state index in [0.29, 0.717) is 19.6 Å². The predicted molar refractivity (Wildman–Crippen MR) is 127 cm³/mol. The second-order valence-electron chi connectivity index (χ2n) is 8.18. The minimum Gasteiger partial charge on any atom is -0.486 e. The number of hydrogen-bond acceptors (Lipinski definition) is 3. The predicted octanol–water partition coefficient (Wildman–Crippen LogP) is 5.44. The van der Waals surface area contributed by atoms with E-state index in [4.69, 9.17) is 9.47 Å². The van der Waals surface area contributed by atoms with E-state index in [1.165, 1.54) is 16.7 Å². The van der Waals surface area contributed by atoms with Crippen LogP contribution in [0.3, 0.4) is 0 Å². The van der Waals surface area contributed by atoms with Crippen LogP contribution in [0.25, 0.3) is 0 Å². The van der Waals surface area contributed by atoms with E-state index in [-0.39, 0.29) is 11.9 Å². The highest BCUT2D eigenvalue weighted by molar-refractivity contribution is 5.77. The van der Waals surface area contributed by atoms with Crippen LogP contribution in [0.2, 0.25) is 0 Å². The summed E-state index contributed by atoms with van der Waals surface area (Å²) in [5, 5.41) is 3.32. The minimum atomic E-state index is -0.0794. The van der Waals surface area contributed by atoms with E-state index >= 15 is 0 Å². The molecule has 4 heteroatoms. The van der Waals surface area contributed by atoms with Gasteiger partial charge < -0.3 is 14.8 Å². The number of ether oxygens (including phenoxy) is 2. The zero-order valence-corrected chi connectivity index (χ0v) is 18.7. The monoisotopic (exact) mass is 429 g/mol. The lowest BCUT2D eigenvalue weighted by molar-refractivity contribution is -0.121. The maximum Gasteiger partial charge on any atom is 0.220 e. The number of aryl methyl sites for hydroxylation is 3. The summed E-state index contributed by atoms with van der Waals surface area (Å²) < 4.78 is 11.6. The van der Waals surface area contributed by atoms with Gasteiger partial charge in [-0.25, -0.2) is 0 Å². The third-order valence-electron chi connectivity index (χ3n) is 5.94. The Morgan fingerprint density at radius 3 is 2.09 bits per heavy atom. The molecule has 4 rings (SSSR count). The molecule has 166 valence electrons. The topological polar surface area (TPSA) is 47.6 Å². The van der Waals surface area contributed by atoms with E-state index in [2.05, 4.69) is 60.8 Å². The van der Waals surface area contributed by atoms with E-state index in [0.717, 1.165) is 42.7 Å². The first kappa shape index (κ1) is 21.9. The summed E-state index contributed by atoms with van der Waals surface area (Å²) in [6, 6.07) is 24.6. The maximum atomic E-state index is 12.9. The van der Waals surface area contributed by atoms with Gasteiger partial charge >= 0.3 is 0 Å². The van der Waals surface area contributed by atoms with Crippen LogP contribution in [-0.4, -0.2) is 19.1 Å². The van der Waals surface area contributed by atoms with Crippen molar-refractivity contribution in [1.29, 1.82) is 0 Å². The average molecular weight is 430 g/mol. The fraction of sp³-hybridized carbons (Fsp3) is 0.321. The lowest BCUT2D eigenvalue weighted by Gasteiger charge is -2.26. The number of carbonyl (C=O) groups excluding carboxylic acids is 1. The molecule has 0 aromatic heterocycles. The molecule has 1 heterocycles. The Morgan fingerprint density at radius 1 is 0.875 bits per heavy atom. The first-order valence-corrected chi connectivity index (χ1v) is 11.5. The highest BCUT2D eigenvalue weighted by Crippen LogP contribution is 2.37. The SMILES string of the molecule is CCc1cc2c(cc1C(CCc1ccccc1)NC(=O)CCc1ccccc1)OCCO2. The van der Waals surface area contributed by atoms with Gasteiger partial charge in [-0.3, -0.25) is 4.79 Å². The van der Waals surface area contributed by atoms with Gasteiger partial charge in [-0.15, -0.1) is 0 Å². The van der Waals surface area contributed by atoms with Crippen LogP contribution in [0, 0.1) is 0 Å². The molecule has 0 aliphatic carbocycles. The quantitative estimate of drug-likeness (QED) is 0.492. The second-order valence-corrected chi connectivity index (χ2v) is 8.18. The van der Waals surface area contributed by atoms with Gasteiger partial charge in [0, 0.05) is 6.42 Å². The number of rotatable bonds is 9. The van der Waals surface area contributed by atoms with Crippen LogP contribution in [0.1, 0.15) is 48.1 Å². The molecule has 0 bridgehead atoms. The Hall–Kier alpha value is -3.27. The molecular formula is C28H31NO3. The van der Waals surface area contributed by atoms with Crippen LogP contribution in [0.4, 0.5) is 0 Å². The maximum absolute atomic E-state index is 12.9. The van der Waals surface area contributed by atoms with Crippen molar-refractivity contribution in [3.63, 3.8) is 0 Å². The number of benzene rings is 3. The minimum absolute atomic E-state index is 0.0730. The molecule has 0 saturated carbocycles. The molecule has 1 amide bonds. The zero-order valence-electron chi connectivity index (χ0n) is 18.7. The largest absolute Gasteiger partial charge is 0.486 e. The fourth-order valence-corrected chi connectivity index (χ4v) is 4.21. The Kier molecular flexibility index (Phi) is 7.44. The zero-order chi connectivity index (χ0) is 22.2. The molecule has 32 heavy (non-hydrogen) atoms. The molecule has 3 aromatic rings. The molecule has 3 aromatic carbocycles. The van der Waals surface area contributed by atoms with Gasteiger partial charge in [0.1, 0.15) is 13.2 Å². The molecule has 1 atom stereocenters. The number of hydrogen-bond donors (Lipinski definition) is 1. The molecular weight excluding hydrogens is 398 g/mol. The molecule has 0 fully saturated rings. The van der Waals surface area contributed by atoms with Crippen molar-refractivity contribution in [2.45, 2.75) is 45.1 Å². The van der Waals surface area contributed by atoms with Crippen molar-refractivity contribution < 1.29 is 14.3 Å². The molecule has 0 spiro atoms. The van der Waals surface area contributed by atoms with Gasteiger partial charge in [0.2, 0.25) is 5.91 Å². The van der Waals surface area contributed by atoms with E-state index in [9.17, 15) is 4.79 Å². The lowest BCUT2D eigenvalue weighted by Crippen LogP contribution is -2.30. The Labute approximate surface area is 190 Å². The average Bonchev–Trinajstić information content (AvgIpc) is 2.85. The van der Waals surface area contributed by atoms with Gasteiger partial charge in [0.05, 0.1) is 6.04 Å². The Bertz CT molecular complexity index is 1020. The third-order valence-corrected chi connectivity index (χ3v) is 5.94. The summed E-state index contributed by atoms with van der Waals surface area (Å²) in [7, 11) is 0.